The van der Waals surface area contributed by atoms with Crippen molar-refractivity contribution in [1.29, 1.82) is 0 Å². The zero-order valence-corrected chi connectivity index (χ0v) is 21.0. The summed E-state index contributed by atoms with van der Waals surface area (Å²) in [5.41, 5.74) is 0. The van der Waals surface area contributed by atoms with E-state index < -0.39 is 10.0 Å². The van der Waals surface area contributed by atoms with Crippen LogP contribution in [0.25, 0.3) is 0 Å². The molecular formula is C19H40IN5O2S. The molecule has 2 saturated heterocycles. The maximum Gasteiger partial charge on any atom is 0.211 e. The number of aliphatic imine (C=N–C) groups is 1. The van der Waals surface area contributed by atoms with E-state index in [2.05, 4.69) is 29.4 Å². The second-order valence-corrected chi connectivity index (χ2v) is 9.83. The minimum atomic E-state index is -3.05. The molecule has 2 rings (SSSR count). The predicted molar refractivity (Wildman–Crippen MR) is 128 cm³/mol. The Morgan fingerprint density at radius 1 is 1.07 bits per heavy atom. The van der Waals surface area contributed by atoms with Crippen LogP contribution in [0.2, 0.25) is 0 Å². The molecule has 2 aliphatic rings. The predicted octanol–water partition coefficient (Wildman–Crippen LogP) is 2.10. The molecule has 0 aromatic heterocycles. The highest BCUT2D eigenvalue weighted by molar-refractivity contribution is 14.0. The Morgan fingerprint density at radius 3 is 2.39 bits per heavy atom. The Kier molecular flexibility index (Phi) is 12.2. The van der Waals surface area contributed by atoms with Gasteiger partial charge in [-0.1, -0.05) is 13.3 Å². The molecular weight excluding hydrogens is 489 g/mol. The van der Waals surface area contributed by atoms with Gasteiger partial charge in [0.25, 0.3) is 0 Å². The van der Waals surface area contributed by atoms with E-state index in [0.29, 0.717) is 19.0 Å². The van der Waals surface area contributed by atoms with Crippen molar-refractivity contribution in [2.75, 3.05) is 52.1 Å². The van der Waals surface area contributed by atoms with Crippen LogP contribution in [-0.2, 0) is 10.0 Å². The SMILES string of the molecule is CCNC(=NCC1CCN(S(C)(=O)=O)CC1)NCCN1CCCCC1CC.I. The third-order valence-corrected chi connectivity index (χ3v) is 7.11. The van der Waals surface area contributed by atoms with E-state index in [1.807, 2.05) is 0 Å². The fourth-order valence-corrected chi connectivity index (χ4v) is 4.99. The summed E-state index contributed by atoms with van der Waals surface area (Å²) in [6.07, 6.45) is 8.33. The lowest BCUT2D eigenvalue weighted by Crippen LogP contribution is -2.46. The van der Waals surface area contributed by atoms with Crippen molar-refractivity contribution >= 4 is 40.0 Å². The summed E-state index contributed by atoms with van der Waals surface area (Å²) < 4.78 is 24.8. The number of nitrogens with zero attached hydrogens (tertiary/aromatic N) is 3. The zero-order valence-electron chi connectivity index (χ0n) is 17.8. The molecule has 0 radical (unpaired) electrons. The van der Waals surface area contributed by atoms with Crippen LogP contribution in [0, 0.1) is 5.92 Å². The van der Waals surface area contributed by atoms with Gasteiger partial charge in [0.2, 0.25) is 10.0 Å². The number of piperidine rings is 2. The van der Waals surface area contributed by atoms with E-state index in [0.717, 1.165) is 51.0 Å². The van der Waals surface area contributed by atoms with Gasteiger partial charge in [0.1, 0.15) is 0 Å². The van der Waals surface area contributed by atoms with E-state index in [1.165, 1.54) is 38.5 Å². The molecule has 0 saturated carbocycles. The Bertz CT molecular complexity index is 565. The van der Waals surface area contributed by atoms with Crippen LogP contribution in [0.3, 0.4) is 0 Å². The molecule has 0 bridgehead atoms. The smallest absolute Gasteiger partial charge is 0.211 e. The fraction of sp³-hybridized carbons (Fsp3) is 0.947. The summed E-state index contributed by atoms with van der Waals surface area (Å²) in [5.74, 6) is 1.35. The molecule has 0 aliphatic carbocycles. The number of guanidine groups is 1. The maximum atomic E-state index is 11.6. The second-order valence-electron chi connectivity index (χ2n) is 7.85. The Hall–Kier alpha value is -0.130. The molecule has 2 N–H and O–H groups in total. The number of nitrogens with one attached hydrogen (secondary N) is 2. The van der Waals surface area contributed by atoms with Gasteiger partial charge in [-0.3, -0.25) is 9.89 Å². The standard InChI is InChI=1S/C19H39N5O2S.HI/c1-4-18-8-6-7-12-23(18)15-11-21-19(20-5-2)22-16-17-9-13-24(14-10-17)27(3,25)26;/h17-18H,4-16H2,1-3H3,(H2,20,21,22);1H. The molecule has 2 heterocycles. The average molecular weight is 530 g/mol. The molecule has 0 aromatic carbocycles. The zero-order chi connectivity index (χ0) is 19.7. The molecule has 7 nitrogen and oxygen atoms in total. The lowest BCUT2D eigenvalue weighted by molar-refractivity contribution is 0.147. The monoisotopic (exact) mass is 529 g/mol. The molecule has 2 fully saturated rings. The highest BCUT2D eigenvalue weighted by Gasteiger charge is 2.24. The van der Waals surface area contributed by atoms with Gasteiger partial charge in [0.05, 0.1) is 6.26 Å². The number of rotatable bonds is 8. The van der Waals surface area contributed by atoms with E-state index in [1.54, 1.807) is 4.31 Å². The van der Waals surface area contributed by atoms with Gasteiger partial charge >= 0.3 is 0 Å². The molecule has 0 spiro atoms. The summed E-state index contributed by atoms with van der Waals surface area (Å²) in [4.78, 5) is 7.37. The molecule has 9 heteroatoms. The van der Waals surface area contributed by atoms with Crippen LogP contribution in [0.15, 0.2) is 4.99 Å². The van der Waals surface area contributed by atoms with Crippen LogP contribution >= 0.6 is 24.0 Å². The molecule has 0 amide bonds. The first-order valence-electron chi connectivity index (χ1n) is 10.6. The highest BCUT2D eigenvalue weighted by Crippen LogP contribution is 2.20. The minimum Gasteiger partial charge on any atom is -0.357 e. The third-order valence-electron chi connectivity index (χ3n) is 5.81. The van der Waals surface area contributed by atoms with Crippen LogP contribution in [0.4, 0.5) is 0 Å². The molecule has 166 valence electrons. The fourth-order valence-electron chi connectivity index (χ4n) is 4.12. The van der Waals surface area contributed by atoms with Crippen LogP contribution in [0.1, 0.15) is 52.4 Å². The second kappa shape index (κ2) is 13.2. The van der Waals surface area contributed by atoms with E-state index in [9.17, 15) is 8.42 Å². The number of likely N-dealkylation sites (tertiary alicyclic amines) is 1. The number of halogens is 1. The van der Waals surface area contributed by atoms with Gasteiger partial charge in [0, 0.05) is 45.3 Å². The lowest BCUT2D eigenvalue weighted by atomic mass is 9.98. The Morgan fingerprint density at radius 2 is 1.79 bits per heavy atom. The van der Waals surface area contributed by atoms with E-state index in [4.69, 9.17) is 4.99 Å². The Balaban J connectivity index is 0.00000392. The summed E-state index contributed by atoms with van der Waals surface area (Å²) in [6, 6.07) is 0.736. The summed E-state index contributed by atoms with van der Waals surface area (Å²) in [6.45, 7) is 10.4. The van der Waals surface area contributed by atoms with Crippen molar-refractivity contribution in [3.8, 4) is 0 Å². The van der Waals surface area contributed by atoms with Crippen LogP contribution in [0.5, 0.6) is 0 Å². The van der Waals surface area contributed by atoms with Crippen molar-refractivity contribution in [3.63, 3.8) is 0 Å². The van der Waals surface area contributed by atoms with Gasteiger partial charge in [-0.05, 0) is 51.5 Å². The lowest BCUT2D eigenvalue weighted by Gasteiger charge is -2.35. The van der Waals surface area contributed by atoms with Crippen molar-refractivity contribution in [3.05, 3.63) is 0 Å². The van der Waals surface area contributed by atoms with Crippen molar-refractivity contribution in [2.45, 2.75) is 58.4 Å². The van der Waals surface area contributed by atoms with Gasteiger partial charge in [-0.2, -0.15) is 0 Å². The summed E-state index contributed by atoms with van der Waals surface area (Å²) >= 11 is 0. The molecule has 28 heavy (non-hydrogen) atoms. The van der Waals surface area contributed by atoms with Gasteiger partial charge < -0.3 is 10.6 Å². The quantitative estimate of drug-likeness (QED) is 0.286. The first kappa shape index (κ1) is 25.9. The first-order chi connectivity index (χ1) is 12.9. The van der Waals surface area contributed by atoms with E-state index >= 15 is 0 Å². The van der Waals surface area contributed by atoms with Gasteiger partial charge in [-0.25, -0.2) is 12.7 Å². The average Bonchev–Trinajstić information content (AvgIpc) is 2.66. The number of hydrogen-bond acceptors (Lipinski definition) is 4. The highest BCUT2D eigenvalue weighted by atomic mass is 127. The molecule has 2 aliphatic heterocycles. The third kappa shape index (κ3) is 8.71. The number of hydrogen-bond donors (Lipinski definition) is 2. The molecule has 1 atom stereocenters. The summed E-state index contributed by atoms with van der Waals surface area (Å²) in [5, 5.41) is 6.81. The largest absolute Gasteiger partial charge is 0.357 e. The molecule has 1 unspecified atom stereocenters. The van der Waals surface area contributed by atoms with Gasteiger partial charge in [0.15, 0.2) is 5.96 Å². The minimum absolute atomic E-state index is 0. The van der Waals surface area contributed by atoms with Crippen molar-refractivity contribution in [2.24, 2.45) is 10.9 Å². The molecule has 0 aromatic rings. The van der Waals surface area contributed by atoms with Gasteiger partial charge in [-0.15, -0.1) is 24.0 Å². The van der Waals surface area contributed by atoms with E-state index in [-0.39, 0.29) is 24.0 Å². The van der Waals surface area contributed by atoms with Crippen molar-refractivity contribution < 1.29 is 8.42 Å². The maximum absolute atomic E-state index is 11.6. The Labute approximate surface area is 189 Å². The summed E-state index contributed by atoms with van der Waals surface area (Å²) in [7, 11) is -3.05. The topological polar surface area (TPSA) is 77.0 Å². The van der Waals surface area contributed by atoms with Crippen LogP contribution < -0.4 is 10.6 Å². The first-order valence-corrected chi connectivity index (χ1v) is 12.5. The normalized spacial score (nSPS) is 23.2. The number of sulfonamides is 1. The van der Waals surface area contributed by atoms with Crippen molar-refractivity contribution in [1.82, 2.24) is 19.8 Å². The van der Waals surface area contributed by atoms with Crippen LogP contribution in [-0.4, -0.2) is 81.7 Å².